The van der Waals surface area contributed by atoms with Gasteiger partial charge in [0, 0.05) is 24.2 Å². The molecule has 2 aromatic heterocycles. The summed E-state index contributed by atoms with van der Waals surface area (Å²) in [4.78, 5) is 21.0. The second-order valence-corrected chi connectivity index (χ2v) is 9.64. The number of benzene rings is 2. The Morgan fingerprint density at radius 2 is 1.69 bits per heavy atom. The van der Waals surface area contributed by atoms with Gasteiger partial charge < -0.3 is 9.84 Å². The van der Waals surface area contributed by atoms with Crippen molar-refractivity contribution < 1.29 is 23.0 Å². The summed E-state index contributed by atoms with van der Waals surface area (Å²) in [6.07, 6.45) is 1.63. The van der Waals surface area contributed by atoms with E-state index in [4.69, 9.17) is 4.74 Å². The summed E-state index contributed by atoms with van der Waals surface area (Å²) in [7, 11) is 0. The van der Waals surface area contributed by atoms with E-state index in [-0.39, 0.29) is 42.0 Å². The lowest BCUT2D eigenvalue weighted by atomic mass is 9.98. The van der Waals surface area contributed by atoms with E-state index >= 15 is 0 Å². The molecule has 2 aromatic carbocycles. The molecule has 204 valence electrons. The number of aromatic nitrogens is 3. The highest BCUT2D eigenvalue weighted by molar-refractivity contribution is 5.66. The van der Waals surface area contributed by atoms with Crippen LogP contribution < -0.4 is 5.56 Å². The monoisotopic (exact) mass is 537 g/mol. The first-order valence-corrected chi connectivity index (χ1v) is 12.7. The van der Waals surface area contributed by atoms with Crippen molar-refractivity contribution in [3.05, 3.63) is 111 Å². The molecule has 39 heavy (non-hydrogen) atoms. The van der Waals surface area contributed by atoms with Gasteiger partial charge in [0.2, 0.25) is 11.8 Å². The zero-order valence-corrected chi connectivity index (χ0v) is 22.2. The highest BCUT2D eigenvalue weighted by atomic mass is 19.1. The summed E-state index contributed by atoms with van der Waals surface area (Å²) < 4.78 is 49.2. The molecule has 4 rings (SSSR count). The van der Waals surface area contributed by atoms with E-state index < -0.39 is 29.2 Å². The van der Waals surface area contributed by atoms with Gasteiger partial charge >= 0.3 is 0 Å². The maximum atomic E-state index is 14.1. The smallest absolute Gasteiger partial charge is 0.280 e. The topological polar surface area (TPSA) is 77.2 Å². The number of ether oxygens (including phenoxy) is 1. The lowest BCUT2D eigenvalue weighted by Crippen LogP contribution is -2.26. The van der Waals surface area contributed by atoms with Gasteiger partial charge in [0.25, 0.3) is 5.56 Å². The highest BCUT2D eigenvalue weighted by Crippen LogP contribution is 2.32. The maximum Gasteiger partial charge on any atom is 0.280 e. The molecular formula is C30H30F3N3O3. The van der Waals surface area contributed by atoms with Crippen molar-refractivity contribution in [1.82, 2.24) is 14.5 Å². The molecule has 0 spiro atoms. The van der Waals surface area contributed by atoms with Crippen LogP contribution in [0.1, 0.15) is 61.3 Å². The minimum absolute atomic E-state index is 0.0394. The average molecular weight is 538 g/mol. The Morgan fingerprint density at radius 1 is 1.03 bits per heavy atom. The largest absolute Gasteiger partial charge is 0.494 e. The van der Waals surface area contributed by atoms with Gasteiger partial charge in [0.15, 0.2) is 0 Å². The number of pyridine rings is 1. The van der Waals surface area contributed by atoms with Crippen LogP contribution in [0.2, 0.25) is 0 Å². The van der Waals surface area contributed by atoms with Crippen molar-refractivity contribution >= 4 is 0 Å². The van der Waals surface area contributed by atoms with E-state index in [0.29, 0.717) is 23.1 Å². The van der Waals surface area contributed by atoms with Gasteiger partial charge in [0.1, 0.15) is 24.1 Å². The molecule has 0 fully saturated rings. The van der Waals surface area contributed by atoms with Crippen molar-refractivity contribution in [2.24, 2.45) is 0 Å². The molecule has 0 unspecified atom stereocenters. The molecule has 1 N–H and O–H groups in total. The highest BCUT2D eigenvalue weighted by Gasteiger charge is 2.24. The van der Waals surface area contributed by atoms with Crippen LogP contribution in [0.3, 0.4) is 0 Å². The second kappa shape index (κ2) is 11.8. The molecule has 0 radical (unpaired) electrons. The van der Waals surface area contributed by atoms with Crippen molar-refractivity contribution in [3.8, 4) is 17.0 Å². The summed E-state index contributed by atoms with van der Waals surface area (Å²) in [6.45, 7) is 7.02. The first-order chi connectivity index (χ1) is 18.6. The predicted molar refractivity (Wildman–Crippen MR) is 142 cm³/mol. The molecule has 0 saturated carbocycles. The molecule has 0 amide bonds. The van der Waals surface area contributed by atoms with Crippen LogP contribution >= 0.6 is 0 Å². The molecule has 0 bridgehead atoms. The SMILES string of the molecule is CC[C@@H](c1cc(F)cc(F)c1)n1c(COC(C)C)nc(=O)c(Cc2ccc(-c3ccnc(F)c3C)cc2)c1O. The Labute approximate surface area is 224 Å². The van der Waals surface area contributed by atoms with E-state index in [0.717, 1.165) is 11.6 Å². The molecule has 9 heteroatoms. The quantitative estimate of drug-likeness (QED) is 0.255. The van der Waals surface area contributed by atoms with Gasteiger partial charge in [-0.1, -0.05) is 31.2 Å². The lowest BCUT2D eigenvalue weighted by Gasteiger charge is -2.25. The van der Waals surface area contributed by atoms with Crippen molar-refractivity contribution in [3.63, 3.8) is 0 Å². The molecule has 4 aromatic rings. The Balaban J connectivity index is 1.77. The van der Waals surface area contributed by atoms with Gasteiger partial charge in [-0.3, -0.25) is 9.36 Å². The summed E-state index contributed by atoms with van der Waals surface area (Å²) in [5.41, 5.74) is 2.31. The third-order valence-electron chi connectivity index (χ3n) is 6.57. The number of halogens is 3. The van der Waals surface area contributed by atoms with Gasteiger partial charge in [0.05, 0.1) is 17.7 Å². The fourth-order valence-corrected chi connectivity index (χ4v) is 4.59. The fourth-order valence-electron chi connectivity index (χ4n) is 4.59. The van der Waals surface area contributed by atoms with Crippen LogP contribution in [0, 0.1) is 24.5 Å². The molecule has 0 aliphatic heterocycles. The van der Waals surface area contributed by atoms with Crippen molar-refractivity contribution in [1.29, 1.82) is 0 Å². The predicted octanol–water partition coefficient (Wildman–Crippen LogP) is 6.25. The van der Waals surface area contributed by atoms with Gasteiger partial charge in [-0.25, -0.2) is 13.8 Å². The van der Waals surface area contributed by atoms with Crippen LogP contribution in [0.15, 0.2) is 59.5 Å². The Kier molecular flexibility index (Phi) is 8.50. The Hall–Kier alpha value is -3.98. The third kappa shape index (κ3) is 6.20. The van der Waals surface area contributed by atoms with Gasteiger partial charge in [-0.2, -0.15) is 9.37 Å². The van der Waals surface area contributed by atoms with Crippen molar-refractivity contribution in [2.45, 2.75) is 59.3 Å². The minimum atomic E-state index is -0.749. The van der Waals surface area contributed by atoms with Crippen LogP contribution in [0.25, 0.3) is 11.1 Å². The molecule has 1 atom stereocenters. The lowest BCUT2D eigenvalue weighted by molar-refractivity contribution is 0.0573. The van der Waals surface area contributed by atoms with Crippen LogP contribution in [-0.4, -0.2) is 25.7 Å². The van der Waals surface area contributed by atoms with E-state index in [1.54, 1.807) is 44.2 Å². The van der Waals surface area contributed by atoms with Gasteiger partial charge in [-0.15, -0.1) is 0 Å². The standard InChI is InChI=1S/C30H30F3N3O3/c1-5-26(21-13-22(31)15-23(32)14-21)36-27(16-39-17(2)3)35-29(37)25(30(36)38)12-19-6-8-20(9-7-19)24-10-11-34-28(33)18(24)4/h6-11,13-15,17,26,38H,5,12,16H2,1-4H3/t26-/m0/s1. The van der Waals surface area contributed by atoms with E-state index in [9.17, 15) is 23.1 Å². The van der Waals surface area contributed by atoms with Gasteiger partial charge in [-0.05, 0) is 67.6 Å². The average Bonchev–Trinajstić information content (AvgIpc) is 2.88. The normalized spacial score (nSPS) is 12.2. The summed E-state index contributed by atoms with van der Waals surface area (Å²) in [5, 5.41) is 11.4. The first-order valence-electron chi connectivity index (χ1n) is 12.7. The Bertz CT molecular complexity index is 1520. The van der Waals surface area contributed by atoms with Crippen molar-refractivity contribution in [2.75, 3.05) is 0 Å². The van der Waals surface area contributed by atoms with Crippen LogP contribution in [0.5, 0.6) is 5.88 Å². The van der Waals surface area contributed by atoms with Crippen LogP contribution in [-0.2, 0) is 17.8 Å². The molecule has 0 saturated heterocycles. The van der Waals surface area contributed by atoms with E-state index in [1.807, 2.05) is 13.8 Å². The Morgan fingerprint density at radius 3 is 2.31 bits per heavy atom. The second-order valence-electron chi connectivity index (χ2n) is 9.64. The summed E-state index contributed by atoms with van der Waals surface area (Å²) in [5.74, 6) is -2.23. The zero-order valence-electron chi connectivity index (χ0n) is 22.2. The number of nitrogens with zero attached hydrogens (tertiary/aromatic N) is 3. The summed E-state index contributed by atoms with van der Waals surface area (Å²) >= 11 is 0. The molecular weight excluding hydrogens is 507 g/mol. The number of hydrogen-bond donors (Lipinski definition) is 1. The zero-order chi connectivity index (χ0) is 28.3. The first kappa shape index (κ1) is 28.0. The van der Waals surface area contributed by atoms with E-state index in [2.05, 4.69) is 9.97 Å². The fraction of sp³-hybridized carbons (Fsp3) is 0.300. The maximum absolute atomic E-state index is 14.1. The number of rotatable bonds is 9. The third-order valence-corrected chi connectivity index (χ3v) is 6.57. The minimum Gasteiger partial charge on any atom is -0.494 e. The molecule has 0 aliphatic rings. The van der Waals surface area contributed by atoms with Crippen LogP contribution in [0.4, 0.5) is 13.2 Å². The molecule has 6 nitrogen and oxygen atoms in total. The van der Waals surface area contributed by atoms with E-state index in [1.165, 1.54) is 22.9 Å². The molecule has 2 heterocycles. The molecule has 0 aliphatic carbocycles. The number of hydrogen-bond acceptors (Lipinski definition) is 5. The summed E-state index contributed by atoms with van der Waals surface area (Å²) in [6, 6.07) is 11.4. The number of aromatic hydroxyl groups is 1.